The highest BCUT2D eigenvalue weighted by Gasteiger charge is 2.28. The zero-order valence-electron chi connectivity index (χ0n) is 9.92. The third-order valence-corrected chi connectivity index (χ3v) is 5.37. The highest BCUT2D eigenvalue weighted by atomic mass is 79.9. The second kappa shape index (κ2) is 5.04. The second-order valence-electron chi connectivity index (χ2n) is 4.59. The normalized spacial score (nSPS) is 18.4. The van der Waals surface area contributed by atoms with Crippen molar-refractivity contribution in [3.8, 4) is 0 Å². The second-order valence-corrected chi connectivity index (χ2v) is 6.91. The number of hydrogen-bond donors (Lipinski definition) is 1. The van der Waals surface area contributed by atoms with Gasteiger partial charge in [0.25, 0.3) is 0 Å². The molecule has 2 aromatic rings. The molecule has 1 aliphatic rings. The third kappa shape index (κ3) is 2.39. The van der Waals surface area contributed by atoms with Crippen LogP contribution in [0.5, 0.6) is 0 Å². The zero-order chi connectivity index (χ0) is 13.6. The molecule has 1 aromatic heterocycles. The summed E-state index contributed by atoms with van der Waals surface area (Å²) in [5.74, 6) is -0.179. The summed E-state index contributed by atoms with van der Waals surface area (Å²) < 4.78 is 14.0. The van der Waals surface area contributed by atoms with E-state index in [0.29, 0.717) is 14.6 Å². The van der Waals surface area contributed by atoms with Crippen LogP contribution in [0.1, 0.15) is 34.9 Å². The Labute approximate surface area is 127 Å². The van der Waals surface area contributed by atoms with Gasteiger partial charge >= 0.3 is 0 Å². The summed E-state index contributed by atoms with van der Waals surface area (Å²) in [6.07, 6.45) is 2.98. The first-order valence-corrected chi connectivity index (χ1v) is 7.94. The summed E-state index contributed by atoms with van der Waals surface area (Å²) in [5, 5.41) is 1.04. The number of rotatable bonds is 1. The van der Waals surface area contributed by atoms with Crippen molar-refractivity contribution in [2.75, 3.05) is 5.73 Å². The molecule has 0 fully saturated rings. The van der Waals surface area contributed by atoms with Gasteiger partial charge in [-0.2, -0.15) is 0 Å². The SMILES string of the molecule is Nc1nc2c(s1)C(c1c(Cl)cc(F)cc1Br)CCC2. The maximum absolute atomic E-state index is 13.3. The molecule has 2 nitrogen and oxygen atoms in total. The van der Waals surface area contributed by atoms with Crippen molar-refractivity contribution in [2.45, 2.75) is 25.2 Å². The summed E-state index contributed by atoms with van der Waals surface area (Å²) in [6, 6.07) is 2.82. The highest BCUT2D eigenvalue weighted by Crippen LogP contribution is 2.45. The van der Waals surface area contributed by atoms with Crippen LogP contribution in [-0.2, 0) is 6.42 Å². The Morgan fingerprint density at radius 3 is 3.00 bits per heavy atom. The highest BCUT2D eigenvalue weighted by molar-refractivity contribution is 9.10. The Kier molecular flexibility index (Phi) is 3.53. The topological polar surface area (TPSA) is 38.9 Å². The van der Waals surface area contributed by atoms with Crippen LogP contribution in [0.15, 0.2) is 16.6 Å². The van der Waals surface area contributed by atoms with E-state index < -0.39 is 0 Å². The fourth-order valence-electron chi connectivity index (χ4n) is 2.60. The molecular weight excluding hydrogens is 351 g/mol. The maximum atomic E-state index is 13.3. The molecule has 1 unspecified atom stereocenters. The minimum atomic E-state index is -0.333. The van der Waals surface area contributed by atoms with Crippen molar-refractivity contribution in [1.82, 2.24) is 4.98 Å². The van der Waals surface area contributed by atoms with Crippen LogP contribution in [0, 0.1) is 5.82 Å². The van der Waals surface area contributed by atoms with E-state index in [9.17, 15) is 4.39 Å². The molecule has 2 N–H and O–H groups in total. The number of anilines is 1. The number of thiazole rings is 1. The van der Waals surface area contributed by atoms with Crippen LogP contribution in [0.2, 0.25) is 5.02 Å². The van der Waals surface area contributed by atoms with Crippen LogP contribution >= 0.6 is 38.9 Å². The van der Waals surface area contributed by atoms with E-state index in [-0.39, 0.29) is 11.7 Å². The molecule has 1 aromatic carbocycles. The Morgan fingerprint density at radius 2 is 2.26 bits per heavy atom. The van der Waals surface area contributed by atoms with Crippen LogP contribution in [-0.4, -0.2) is 4.98 Å². The lowest BCUT2D eigenvalue weighted by Gasteiger charge is -2.23. The van der Waals surface area contributed by atoms with Gasteiger partial charge in [-0.15, -0.1) is 11.3 Å². The fraction of sp³-hybridized carbons (Fsp3) is 0.308. The summed E-state index contributed by atoms with van der Waals surface area (Å²) in [7, 11) is 0. The molecule has 100 valence electrons. The van der Waals surface area contributed by atoms with Crippen LogP contribution in [0.3, 0.4) is 0 Å². The Bertz CT molecular complexity index is 621. The minimum absolute atomic E-state index is 0.154. The molecule has 19 heavy (non-hydrogen) atoms. The van der Waals surface area contributed by atoms with Gasteiger partial charge in [-0.3, -0.25) is 0 Å². The van der Waals surface area contributed by atoms with Crippen LogP contribution in [0.4, 0.5) is 9.52 Å². The molecule has 0 saturated heterocycles. The number of benzene rings is 1. The average Bonchev–Trinajstić information content (AvgIpc) is 2.68. The van der Waals surface area contributed by atoms with Gasteiger partial charge < -0.3 is 5.73 Å². The van der Waals surface area contributed by atoms with E-state index in [1.807, 2.05) is 0 Å². The minimum Gasteiger partial charge on any atom is -0.375 e. The average molecular weight is 362 g/mol. The number of nitrogen functional groups attached to an aromatic ring is 1. The first-order valence-electron chi connectivity index (χ1n) is 5.95. The first kappa shape index (κ1) is 13.3. The Balaban J connectivity index is 2.14. The lowest BCUT2D eigenvalue weighted by Crippen LogP contribution is -2.10. The lowest BCUT2D eigenvalue weighted by atomic mass is 9.86. The van der Waals surface area contributed by atoms with Crippen LogP contribution < -0.4 is 5.73 Å². The van der Waals surface area contributed by atoms with Gasteiger partial charge in [0.05, 0.1) is 5.69 Å². The van der Waals surface area contributed by atoms with Crippen molar-refractivity contribution >= 4 is 44.0 Å². The molecule has 0 radical (unpaired) electrons. The summed E-state index contributed by atoms with van der Waals surface area (Å²) in [6.45, 7) is 0. The number of nitrogens with two attached hydrogens (primary N) is 1. The monoisotopic (exact) mass is 360 g/mol. The Morgan fingerprint density at radius 1 is 1.47 bits per heavy atom. The van der Waals surface area contributed by atoms with Gasteiger partial charge in [-0.25, -0.2) is 9.37 Å². The predicted octanol–water partition coefficient (Wildman–Crippen LogP) is 4.75. The van der Waals surface area contributed by atoms with E-state index in [1.165, 1.54) is 23.5 Å². The fourth-order valence-corrected chi connectivity index (χ4v) is 4.79. The summed E-state index contributed by atoms with van der Waals surface area (Å²) in [5.41, 5.74) is 7.80. The predicted molar refractivity (Wildman–Crippen MR) is 80.4 cm³/mol. The van der Waals surface area contributed by atoms with Crippen molar-refractivity contribution in [2.24, 2.45) is 0 Å². The maximum Gasteiger partial charge on any atom is 0.180 e. The largest absolute Gasteiger partial charge is 0.375 e. The van der Waals surface area contributed by atoms with Crippen LogP contribution in [0.25, 0.3) is 0 Å². The molecule has 0 amide bonds. The van der Waals surface area contributed by atoms with Gasteiger partial charge in [0.1, 0.15) is 5.82 Å². The van der Waals surface area contributed by atoms with Gasteiger partial charge in [0, 0.05) is 20.3 Å². The van der Waals surface area contributed by atoms with Gasteiger partial charge in [-0.05, 0) is 37.0 Å². The van der Waals surface area contributed by atoms with Crippen molar-refractivity contribution in [3.05, 3.63) is 43.6 Å². The smallest absolute Gasteiger partial charge is 0.180 e. The van der Waals surface area contributed by atoms with E-state index in [4.69, 9.17) is 17.3 Å². The quantitative estimate of drug-likeness (QED) is 0.796. The summed E-state index contributed by atoms with van der Waals surface area (Å²) >= 11 is 11.2. The molecule has 0 spiro atoms. The van der Waals surface area contributed by atoms with Crippen molar-refractivity contribution in [3.63, 3.8) is 0 Å². The zero-order valence-corrected chi connectivity index (χ0v) is 13.1. The molecule has 1 heterocycles. The van der Waals surface area contributed by atoms with Gasteiger partial charge in [-0.1, -0.05) is 27.5 Å². The van der Waals surface area contributed by atoms with E-state index in [2.05, 4.69) is 20.9 Å². The molecule has 0 saturated carbocycles. The lowest BCUT2D eigenvalue weighted by molar-refractivity contribution is 0.606. The Hall–Kier alpha value is -0.650. The van der Waals surface area contributed by atoms with Gasteiger partial charge in [0.2, 0.25) is 0 Å². The number of nitrogens with zero attached hydrogens (tertiary/aromatic N) is 1. The van der Waals surface area contributed by atoms with Crippen molar-refractivity contribution < 1.29 is 4.39 Å². The number of aromatic nitrogens is 1. The molecule has 1 aliphatic carbocycles. The molecule has 1 atom stereocenters. The van der Waals surface area contributed by atoms with Crippen molar-refractivity contribution in [1.29, 1.82) is 0 Å². The van der Waals surface area contributed by atoms with E-state index in [0.717, 1.165) is 35.4 Å². The number of aryl methyl sites for hydroxylation is 1. The number of hydrogen-bond acceptors (Lipinski definition) is 3. The van der Waals surface area contributed by atoms with Gasteiger partial charge in [0.15, 0.2) is 5.13 Å². The molecule has 3 rings (SSSR count). The summed E-state index contributed by atoms with van der Waals surface area (Å²) in [4.78, 5) is 5.53. The number of fused-ring (bicyclic) bond motifs is 1. The first-order chi connectivity index (χ1) is 9.06. The number of halogens is 3. The van der Waals surface area contributed by atoms with E-state index >= 15 is 0 Å². The molecule has 6 heteroatoms. The molecule has 0 bridgehead atoms. The molecule has 0 aliphatic heterocycles. The third-order valence-electron chi connectivity index (χ3n) is 3.36. The molecular formula is C13H11BrClFN2S. The van der Waals surface area contributed by atoms with E-state index in [1.54, 1.807) is 0 Å². The standard InChI is InChI=1S/C13H11BrClFN2S/c14-8-4-6(16)5-9(15)11(8)7-2-1-3-10-12(7)19-13(17)18-10/h4-5,7H,1-3H2,(H2,17,18).